The van der Waals surface area contributed by atoms with E-state index in [1.807, 2.05) is 19.9 Å². The van der Waals surface area contributed by atoms with Crippen molar-refractivity contribution in [1.29, 1.82) is 0 Å². The molecule has 0 spiro atoms. The summed E-state index contributed by atoms with van der Waals surface area (Å²) in [6.45, 7) is 7.98. The second kappa shape index (κ2) is 6.99. The van der Waals surface area contributed by atoms with E-state index in [1.54, 1.807) is 24.8 Å². The van der Waals surface area contributed by atoms with Crippen LogP contribution in [0.3, 0.4) is 0 Å². The molecule has 0 saturated carbocycles. The molecule has 0 fully saturated rings. The maximum Gasteiger partial charge on any atom is 0.223 e. The highest BCUT2D eigenvalue weighted by Gasteiger charge is 2.21. The summed E-state index contributed by atoms with van der Waals surface area (Å²) >= 11 is 1.46. The van der Waals surface area contributed by atoms with Gasteiger partial charge in [0.05, 0.1) is 10.5 Å². The van der Waals surface area contributed by atoms with Crippen LogP contribution in [0.1, 0.15) is 48.2 Å². The first-order chi connectivity index (χ1) is 9.23. The summed E-state index contributed by atoms with van der Waals surface area (Å²) in [5.41, 5.74) is -0.916. The van der Waals surface area contributed by atoms with Crippen LogP contribution in [-0.4, -0.2) is 40.4 Å². The Labute approximate surface area is 124 Å². The highest BCUT2D eigenvalue weighted by atomic mass is 32.1. The molecule has 0 saturated heterocycles. The Balaban J connectivity index is 2.51. The van der Waals surface area contributed by atoms with E-state index in [2.05, 4.69) is 0 Å². The number of aliphatic hydroxyl groups is 1. The molecule has 0 atom stereocenters. The minimum Gasteiger partial charge on any atom is -0.389 e. The van der Waals surface area contributed by atoms with E-state index in [1.165, 1.54) is 11.3 Å². The number of amides is 1. The molecule has 1 rings (SSSR count). The van der Waals surface area contributed by atoms with Crippen molar-refractivity contribution in [3.63, 3.8) is 0 Å². The predicted molar refractivity (Wildman–Crippen MR) is 81.2 cm³/mol. The molecule has 1 N–H and O–H groups in total. The summed E-state index contributed by atoms with van der Waals surface area (Å²) in [6.07, 6.45) is 0.418. The average Bonchev–Trinajstić information content (AvgIpc) is 2.78. The fourth-order valence-electron chi connectivity index (χ4n) is 1.93. The Hall–Kier alpha value is -1.20. The quantitative estimate of drug-likeness (QED) is 0.787. The standard InChI is InChI=1S/C15H23NO3S/c1-5-16(10-15(3,4)19)14(18)9-7-12(17)13-8-6-11(2)20-13/h6,8,19H,5,7,9-10H2,1-4H3. The van der Waals surface area contributed by atoms with Gasteiger partial charge in [0.25, 0.3) is 0 Å². The monoisotopic (exact) mass is 297 g/mol. The largest absolute Gasteiger partial charge is 0.389 e. The summed E-state index contributed by atoms with van der Waals surface area (Å²) in [6, 6.07) is 3.72. The van der Waals surface area contributed by atoms with Crippen LogP contribution in [-0.2, 0) is 4.79 Å². The van der Waals surface area contributed by atoms with Gasteiger partial charge in [-0.3, -0.25) is 9.59 Å². The fourth-order valence-corrected chi connectivity index (χ4v) is 2.76. The van der Waals surface area contributed by atoms with Crippen molar-refractivity contribution in [3.05, 3.63) is 21.9 Å². The lowest BCUT2D eigenvalue weighted by Crippen LogP contribution is -2.42. The van der Waals surface area contributed by atoms with Gasteiger partial charge in [0.15, 0.2) is 5.78 Å². The lowest BCUT2D eigenvalue weighted by atomic mass is 10.1. The topological polar surface area (TPSA) is 57.6 Å². The minimum atomic E-state index is -0.916. The molecule has 1 amide bonds. The van der Waals surface area contributed by atoms with Crippen molar-refractivity contribution in [2.45, 2.75) is 46.1 Å². The first-order valence-corrected chi connectivity index (χ1v) is 7.64. The minimum absolute atomic E-state index is 0.00996. The molecule has 0 radical (unpaired) electrons. The van der Waals surface area contributed by atoms with Crippen molar-refractivity contribution < 1.29 is 14.7 Å². The number of carbonyl (C=O) groups is 2. The van der Waals surface area contributed by atoms with E-state index in [4.69, 9.17) is 0 Å². The van der Waals surface area contributed by atoms with E-state index >= 15 is 0 Å². The Kier molecular flexibility index (Phi) is 5.89. The molecular formula is C15H23NO3S. The Morgan fingerprint density at radius 2 is 1.95 bits per heavy atom. The third-order valence-corrected chi connectivity index (χ3v) is 3.94. The number of rotatable bonds is 7. The molecule has 112 valence electrons. The van der Waals surface area contributed by atoms with Crippen LogP contribution < -0.4 is 0 Å². The summed E-state index contributed by atoms with van der Waals surface area (Å²) < 4.78 is 0. The second-order valence-corrected chi connectivity index (χ2v) is 6.84. The number of likely N-dealkylation sites (N-methyl/N-ethyl adjacent to an activating group) is 1. The van der Waals surface area contributed by atoms with Gasteiger partial charge in [0, 0.05) is 30.8 Å². The molecule has 0 unspecified atom stereocenters. The van der Waals surface area contributed by atoms with Crippen molar-refractivity contribution in [2.75, 3.05) is 13.1 Å². The van der Waals surface area contributed by atoms with Crippen molar-refractivity contribution in [3.8, 4) is 0 Å². The zero-order chi connectivity index (χ0) is 15.3. The number of hydrogen-bond acceptors (Lipinski definition) is 4. The molecule has 20 heavy (non-hydrogen) atoms. The number of thiophene rings is 1. The van der Waals surface area contributed by atoms with Gasteiger partial charge in [-0.05, 0) is 39.8 Å². The molecule has 0 aliphatic carbocycles. The molecule has 1 aromatic heterocycles. The number of ketones is 1. The van der Waals surface area contributed by atoms with Gasteiger partial charge in [-0.2, -0.15) is 0 Å². The lowest BCUT2D eigenvalue weighted by molar-refractivity contribution is -0.133. The molecule has 0 aromatic carbocycles. The van der Waals surface area contributed by atoms with Crippen molar-refractivity contribution >= 4 is 23.0 Å². The van der Waals surface area contributed by atoms with Gasteiger partial charge in [-0.1, -0.05) is 0 Å². The molecule has 5 heteroatoms. The molecule has 1 aromatic rings. The van der Waals surface area contributed by atoms with E-state index in [0.29, 0.717) is 11.4 Å². The smallest absolute Gasteiger partial charge is 0.223 e. The second-order valence-electron chi connectivity index (χ2n) is 5.55. The van der Waals surface area contributed by atoms with Crippen LogP contribution in [0, 0.1) is 6.92 Å². The summed E-state index contributed by atoms with van der Waals surface area (Å²) in [4.78, 5) is 27.4. The van der Waals surface area contributed by atoms with Gasteiger partial charge < -0.3 is 10.0 Å². The Bertz CT molecular complexity index is 474. The normalized spacial score (nSPS) is 11.4. The predicted octanol–water partition coefficient (Wildman–Crippen LogP) is 2.64. The van der Waals surface area contributed by atoms with Gasteiger partial charge >= 0.3 is 0 Å². The zero-order valence-corrected chi connectivity index (χ0v) is 13.4. The number of aryl methyl sites for hydroxylation is 1. The van der Waals surface area contributed by atoms with E-state index in [0.717, 1.165) is 4.88 Å². The molecule has 0 bridgehead atoms. The van der Waals surface area contributed by atoms with Crippen LogP contribution in [0.25, 0.3) is 0 Å². The van der Waals surface area contributed by atoms with Gasteiger partial charge in [-0.25, -0.2) is 0 Å². The maximum absolute atomic E-state index is 12.1. The molecule has 4 nitrogen and oxygen atoms in total. The van der Waals surface area contributed by atoms with Crippen LogP contribution in [0.4, 0.5) is 0 Å². The van der Waals surface area contributed by atoms with Crippen LogP contribution in [0.15, 0.2) is 12.1 Å². The number of hydrogen-bond donors (Lipinski definition) is 1. The Morgan fingerprint density at radius 1 is 1.30 bits per heavy atom. The number of Topliss-reactive ketones (excluding diaryl/α,β-unsaturated/α-hetero) is 1. The lowest BCUT2D eigenvalue weighted by Gasteiger charge is -2.28. The first kappa shape index (κ1) is 16.9. The third-order valence-electron chi connectivity index (χ3n) is 2.89. The first-order valence-electron chi connectivity index (χ1n) is 6.82. The highest BCUT2D eigenvalue weighted by Crippen LogP contribution is 2.18. The number of nitrogens with zero attached hydrogens (tertiary/aromatic N) is 1. The van der Waals surface area contributed by atoms with Crippen molar-refractivity contribution in [1.82, 2.24) is 4.90 Å². The van der Waals surface area contributed by atoms with Crippen molar-refractivity contribution in [2.24, 2.45) is 0 Å². The van der Waals surface area contributed by atoms with Gasteiger partial charge in [0.2, 0.25) is 5.91 Å². The van der Waals surface area contributed by atoms with Gasteiger partial charge in [-0.15, -0.1) is 11.3 Å². The maximum atomic E-state index is 12.1. The molecule has 0 aliphatic rings. The summed E-state index contributed by atoms with van der Waals surface area (Å²) in [5, 5.41) is 9.77. The van der Waals surface area contributed by atoms with E-state index in [-0.39, 0.29) is 31.1 Å². The summed E-state index contributed by atoms with van der Waals surface area (Å²) in [7, 11) is 0. The highest BCUT2D eigenvalue weighted by molar-refractivity contribution is 7.14. The van der Waals surface area contributed by atoms with Crippen LogP contribution in [0.2, 0.25) is 0 Å². The van der Waals surface area contributed by atoms with Gasteiger partial charge in [0.1, 0.15) is 0 Å². The molecule has 0 aliphatic heterocycles. The van der Waals surface area contributed by atoms with Crippen LogP contribution in [0.5, 0.6) is 0 Å². The third kappa shape index (κ3) is 5.43. The summed E-state index contributed by atoms with van der Waals surface area (Å²) in [5.74, 6) is -0.0768. The van der Waals surface area contributed by atoms with E-state index < -0.39 is 5.60 Å². The van der Waals surface area contributed by atoms with E-state index in [9.17, 15) is 14.7 Å². The zero-order valence-electron chi connectivity index (χ0n) is 12.6. The fraction of sp³-hybridized carbons (Fsp3) is 0.600. The molecule has 1 heterocycles. The molecular weight excluding hydrogens is 274 g/mol. The average molecular weight is 297 g/mol. The van der Waals surface area contributed by atoms with Crippen LogP contribution >= 0.6 is 11.3 Å². The Morgan fingerprint density at radius 3 is 2.40 bits per heavy atom. The SMILES string of the molecule is CCN(CC(C)(C)O)C(=O)CCC(=O)c1ccc(C)s1. The number of carbonyl (C=O) groups excluding carboxylic acids is 2.